The van der Waals surface area contributed by atoms with Crippen molar-refractivity contribution < 1.29 is 19.1 Å². The van der Waals surface area contributed by atoms with Gasteiger partial charge in [-0.25, -0.2) is 0 Å². The molecule has 0 saturated heterocycles. The molecule has 0 spiro atoms. The summed E-state index contributed by atoms with van der Waals surface area (Å²) in [7, 11) is 0. The van der Waals surface area contributed by atoms with Crippen LogP contribution in [0.5, 0.6) is 0 Å². The number of nitrogens with one attached hydrogen (secondary N) is 1. The Kier molecular flexibility index (Phi) is 26.2. The number of anilines is 1. The van der Waals surface area contributed by atoms with Gasteiger partial charge in [0, 0.05) is 40.8 Å². The van der Waals surface area contributed by atoms with Crippen LogP contribution < -0.4 is 10.2 Å². The van der Waals surface area contributed by atoms with Crippen molar-refractivity contribution in [2.75, 3.05) is 18.1 Å². The zero-order chi connectivity index (χ0) is 40.1. The molecule has 0 aliphatic carbocycles. The molecule has 0 saturated carbocycles. The van der Waals surface area contributed by atoms with E-state index in [4.69, 9.17) is 9.47 Å². The molecule has 318 valence electrons. The van der Waals surface area contributed by atoms with Crippen molar-refractivity contribution in [3.63, 3.8) is 0 Å². The Morgan fingerprint density at radius 3 is 1.20 bits per heavy atom. The minimum atomic E-state index is -0.334. The Hall–Kier alpha value is -2.44. The molecule has 2 aromatic rings. The highest BCUT2D eigenvalue weighted by Crippen LogP contribution is 2.37. The molecule has 6 nitrogen and oxygen atoms in total. The summed E-state index contributed by atoms with van der Waals surface area (Å²) in [6.45, 7) is 10.4. The van der Waals surface area contributed by atoms with Crippen LogP contribution in [0.3, 0.4) is 0 Å². The lowest BCUT2D eigenvalue weighted by atomic mass is 9.93. The summed E-state index contributed by atoms with van der Waals surface area (Å²) in [6, 6.07) is 9.68. The molecule has 56 heavy (non-hydrogen) atoms. The van der Waals surface area contributed by atoms with Gasteiger partial charge in [-0.3, -0.25) is 14.9 Å². The van der Waals surface area contributed by atoms with Crippen LogP contribution in [0, 0.1) is 0 Å². The van der Waals surface area contributed by atoms with Gasteiger partial charge >= 0.3 is 0 Å². The number of unbranched alkanes of at least 4 members (excludes halogenated alkanes) is 26. The van der Waals surface area contributed by atoms with Crippen molar-refractivity contribution in [3.05, 3.63) is 41.5 Å². The highest BCUT2D eigenvalue weighted by Gasteiger charge is 2.31. The van der Waals surface area contributed by atoms with Crippen LogP contribution in [0.1, 0.15) is 241 Å². The fraction of sp³-hybridized carbons (Fsp3) is 0.760. The predicted molar refractivity (Wildman–Crippen MR) is 239 cm³/mol. The lowest BCUT2D eigenvalue weighted by molar-refractivity contribution is -0.0184. The number of hydrogen-bond acceptors (Lipinski definition) is 5. The number of nitrogens with zero attached hydrogens (tertiary/aromatic N) is 1. The number of rotatable bonds is 37. The van der Waals surface area contributed by atoms with E-state index in [-0.39, 0.29) is 24.3 Å². The first kappa shape index (κ1) is 47.9. The summed E-state index contributed by atoms with van der Waals surface area (Å²) in [4.78, 5) is 28.1. The van der Waals surface area contributed by atoms with Crippen LogP contribution in [0.25, 0.3) is 10.8 Å². The Morgan fingerprint density at radius 1 is 0.464 bits per heavy atom. The second-order valence-electron chi connectivity index (χ2n) is 16.7. The van der Waals surface area contributed by atoms with E-state index in [1.165, 1.54) is 167 Å². The summed E-state index contributed by atoms with van der Waals surface area (Å²) in [5, 5.41) is 4.15. The fourth-order valence-corrected chi connectivity index (χ4v) is 8.55. The van der Waals surface area contributed by atoms with Crippen molar-refractivity contribution in [3.8, 4) is 0 Å². The van der Waals surface area contributed by atoms with E-state index in [1.807, 2.05) is 30.3 Å². The lowest BCUT2D eigenvalue weighted by Crippen LogP contribution is -2.46. The summed E-state index contributed by atoms with van der Waals surface area (Å²) < 4.78 is 13.4. The van der Waals surface area contributed by atoms with Crippen molar-refractivity contribution in [1.29, 1.82) is 0 Å². The molecule has 0 fully saturated rings. The molecule has 0 aromatic heterocycles. The van der Waals surface area contributed by atoms with Crippen LogP contribution in [0.4, 0.5) is 5.69 Å². The molecule has 6 heteroatoms. The Balaban J connectivity index is 1.50. The van der Waals surface area contributed by atoms with Gasteiger partial charge in [-0.15, -0.1) is 0 Å². The minimum Gasteiger partial charge on any atom is -0.358 e. The van der Waals surface area contributed by atoms with Gasteiger partial charge in [-0.2, -0.15) is 0 Å². The fourth-order valence-electron chi connectivity index (χ4n) is 8.55. The van der Waals surface area contributed by atoms with E-state index in [0.717, 1.165) is 42.1 Å². The van der Waals surface area contributed by atoms with Gasteiger partial charge in [-0.05, 0) is 43.9 Å². The van der Waals surface area contributed by atoms with E-state index >= 15 is 0 Å². The standard InChI is InChI=1S/C50H84N2O4/c1-5-9-11-13-15-17-19-21-23-25-27-29-31-33-40-55-46(7-3)52(45-39-38-44-48-42(45)36-35-37-43(48)49(53)51-50(44)54)47(8-4)56-41-34-32-30-28-26-24-22-20-18-16-14-12-10-6-2/h35-39,46-47H,5-34,40-41H2,1-4H3,(H,51,53,54). The second-order valence-corrected chi connectivity index (χ2v) is 16.7. The maximum atomic E-state index is 12.9. The zero-order valence-corrected chi connectivity index (χ0v) is 36.7. The number of amides is 2. The van der Waals surface area contributed by atoms with Gasteiger partial charge in [0.25, 0.3) is 11.8 Å². The van der Waals surface area contributed by atoms with Gasteiger partial charge in [0.15, 0.2) is 0 Å². The molecule has 0 radical (unpaired) electrons. The Morgan fingerprint density at radius 2 is 0.821 bits per heavy atom. The first-order chi connectivity index (χ1) is 27.6. The van der Waals surface area contributed by atoms with Crippen molar-refractivity contribution in [1.82, 2.24) is 5.32 Å². The average molecular weight is 777 g/mol. The molecule has 1 heterocycles. The van der Waals surface area contributed by atoms with E-state index in [9.17, 15) is 9.59 Å². The number of ether oxygens (including phenoxy) is 2. The maximum Gasteiger partial charge on any atom is 0.258 e. The molecule has 2 aromatic carbocycles. The normalized spacial score (nSPS) is 13.7. The van der Waals surface area contributed by atoms with E-state index in [0.29, 0.717) is 24.3 Å². The molecule has 1 aliphatic rings. The van der Waals surface area contributed by atoms with Gasteiger partial charge in [-0.1, -0.05) is 207 Å². The average Bonchev–Trinajstić information content (AvgIpc) is 3.21. The van der Waals surface area contributed by atoms with Gasteiger partial charge < -0.3 is 14.4 Å². The second kappa shape index (κ2) is 30.6. The van der Waals surface area contributed by atoms with Gasteiger partial charge in [0.2, 0.25) is 0 Å². The lowest BCUT2D eigenvalue weighted by Gasteiger charge is -2.40. The molecule has 2 unspecified atom stereocenters. The van der Waals surface area contributed by atoms with Crippen molar-refractivity contribution in [2.45, 2.75) is 233 Å². The van der Waals surface area contributed by atoms with Crippen LogP contribution in [-0.4, -0.2) is 37.5 Å². The van der Waals surface area contributed by atoms with Gasteiger partial charge in [0.05, 0.1) is 0 Å². The number of carbonyl (C=O) groups excluding carboxylic acids is 2. The first-order valence-electron chi connectivity index (χ1n) is 24.0. The third-order valence-corrected chi connectivity index (χ3v) is 11.9. The maximum absolute atomic E-state index is 12.9. The first-order valence-corrected chi connectivity index (χ1v) is 24.0. The number of imide groups is 1. The molecule has 3 rings (SSSR count). The van der Waals surface area contributed by atoms with E-state index in [2.05, 4.69) is 37.9 Å². The van der Waals surface area contributed by atoms with Crippen molar-refractivity contribution in [2.24, 2.45) is 0 Å². The summed E-state index contributed by atoms with van der Waals surface area (Å²) >= 11 is 0. The third kappa shape index (κ3) is 17.6. The topological polar surface area (TPSA) is 67.9 Å². The number of hydrogen-bond donors (Lipinski definition) is 1. The number of benzene rings is 2. The summed E-state index contributed by atoms with van der Waals surface area (Å²) in [6.07, 6.45) is 38.7. The molecule has 0 bridgehead atoms. The molecular weight excluding hydrogens is 693 g/mol. The molecule has 2 amide bonds. The van der Waals surface area contributed by atoms with Crippen LogP contribution >= 0.6 is 0 Å². The Labute approximate surface area is 344 Å². The number of carbonyl (C=O) groups is 2. The van der Waals surface area contributed by atoms with Crippen LogP contribution in [0.15, 0.2) is 30.3 Å². The SMILES string of the molecule is CCCCCCCCCCCCCCCCOC(CC)N(c1ccc2c3c(cccc13)C(=O)NC2=O)C(CC)OCCCCCCCCCCCCCCCC. The minimum absolute atomic E-state index is 0.177. The van der Waals surface area contributed by atoms with Crippen molar-refractivity contribution >= 4 is 28.3 Å². The highest BCUT2D eigenvalue weighted by atomic mass is 16.5. The summed E-state index contributed by atoms with van der Waals surface area (Å²) in [5.41, 5.74) is 2.06. The molecule has 1 N–H and O–H groups in total. The smallest absolute Gasteiger partial charge is 0.258 e. The van der Waals surface area contributed by atoms with Gasteiger partial charge in [0.1, 0.15) is 12.5 Å². The molecule has 1 aliphatic heterocycles. The van der Waals surface area contributed by atoms with Crippen LogP contribution in [-0.2, 0) is 9.47 Å². The van der Waals surface area contributed by atoms with E-state index in [1.54, 1.807) is 0 Å². The third-order valence-electron chi connectivity index (χ3n) is 11.9. The van der Waals surface area contributed by atoms with E-state index < -0.39 is 0 Å². The molecule has 2 atom stereocenters. The molecular formula is C50H84N2O4. The highest BCUT2D eigenvalue weighted by molar-refractivity contribution is 6.26. The quantitative estimate of drug-likeness (QED) is 0.0420. The predicted octanol–water partition coefficient (Wildman–Crippen LogP) is 15.0. The van der Waals surface area contributed by atoms with Crippen LogP contribution in [0.2, 0.25) is 0 Å². The Bertz CT molecular complexity index is 1270. The zero-order valence-electron chi connectivity index (χ0n) is 36.7. The summed E-state index contributed by atoms with van der Waals surface area (Å²) in [5.74, 6) is -0.669. The largest absolute Gasteiger partial charge is 0.358 e. The monoisotopic (exact) mass is 777 g/mol.